The maximum absolute atomic E-state index is 13.2. The number of rotatable bonds is 6. The summed E-state index contributed by atoms with van der Waals surface area (Å²) in [7, 11) is 0. The van der Waals surface area contributed by atoms with Crippen molar-refractivity contribution in [1.29, 1.82) is 5.26 Å². The Kier molecular flexibility index (Phi) is 7.84. The van der Waals surface area contributed by atoms with Crippen molar-refractivity contribution in [1.82, 2.24) is 9.47 Å². The second-order valence-electron chi connectivity index (χ2n) is 8.78. The molecule has 0 aliphatic carbocycles. The Hall–Kier alpha value is -2.11. The van der Waals surface area contributed by atoms with Crippen LogP contribution in [0.25, 0.3) is 6.08 Å². The lowest BCUT2D eigenvalue weighted by molar-refractivity contribution is -0.123. The predicted octanol–water partition coefficient (Wildman–Crippen LogP) is 4.67. The van der Waals surface area contributed by atoms with Gasteiger partial charge in [0.05, 0.1) is 4.91 Å². The van der Waals surface area contributed by atoms with Crippen molar-refractivity contribution in [3.63, 3.8) is 0 Å². The van der Waals surface area contributed by atoms with E-state index in [1.165, 1.54) is 11.8 Å². The van der Waals surface area contributed by atoms with Crippen LogP contribution in [0.15, 0.2) is 9.70 Å². The lowest BCUT2D eigenvalue weighted by Gasteiger charge is -2.35. The maximum Gasteiger partial charge on any atom is 0.270 e. The zero-order valence-corrected chi connectivity index (χ0v) is 21.2. The van der Waals surface area contributed by atoms with Gasteiger partial charge >= 0.3 is 0 Å². The quantitative estimate of drug-likeness (QED) is 0.442. The molecule has 2 fully saturated rings. The van der Waals surface area contributed by atoms with Crippen molar-refractivity contribution in [3.05, 3.63) is 31.9 Å². The SMILES string of the molecule is CCCn1c(N2CCC(C)CC2)c(/C=C2\SC(=S)N(C(C)CC)C2=O)c(C)c(C#N)c1=O. The first-order chi connectivity index (χ1) is 15.2. The normalized spacial score (nSPS) is 19.7. The third-order valence-electron chi connectivity index (χ3n) is 6.51. The fraction of sp³-hybridized carbons (Fsp3) is 0.583. The molecule has 0 aromatic carbocycles. The molecular formula is C24H32N4O2S2. The van der Waals surface area contributed by atoms with Gasteiger partial charge in [-0.3, -0.25) is 19.1 Å². The highest BCUT2D eigenvalue weighted by molar-refractivity contribution is 8.26. The third kappa shape index (κ3) is 4.51. The number of carbonyl (C=O) groups excluding carboxylic acids is 1. The molecule has 6 nitrogen and oxygen atoms in total. The molecular weight excluding hydrogens is 440 g/mol. The molecule has 0 N–H and O–H groups in total. The molecule has 2 aliphatic rings. The first kappa shape index (κ1) is 24.5. The third-order valence-corrected chi connectivity index (χ3v) is 7.84. The Morgan fingerprint density at radius 3 is 2.50 bits per heavy atom. The molecule has 0 saturated carbocycles. The smallest absolute Gasteiger partial charge is 0.270 e. The predicted molar refractivity (Wildman–Crippen MR) is 136 cm³/mol. The van der Waals surface area contributed by atoms with Crippen LogP contribution in [0.5, 0.6) is 0 Å². The van der Waals surface area contributed by atoms with Crippen molar-refractivity contribution < 1.29 is 4.79 Å². The summed E-state index contributed by atoms with van der Waals surface area (Å²) in [6.07, 6.45) is 5.55. The molecule has 2 saturated heterocycles. The number of thiocarbonyl (C=S) groups is 1. The van der Waals surface area contributed by atoms with E-state index in [9.17, 15) is 14.9 Å². The highest BCUT2D eigenvalue weighted by Crippen LogP contribution is 2.37. The zero-order chi connectivity index (χ0) is 23.6. The summed E-state index contributed by atoms with van der Waals surface area (Å²) in [5.74, 6) is 1.38. The molecule has 3 heterocycles. The minimum atomic E-state index is -0.246. The van der Waals surface area contributed by atoms with Crippen molar-refractivity contribution in [2.75, 3.05) is 18.0 Å². The summed E-state index contributed by atoms with van der Waals surface area (Å²) in [5, 5.41) is 9.76. The summed E-state index contributed by atoms with van der Waals surface area (Å²) in [6.45, 7) is 12.4. The summed E-state index contributed by atoms with van der Waals surface area (Å²) in [6, 6.07) is 2.14. The van der Waals surface area contributed by atoms with Crippen LogP contribution in [0.1, 0.15) is 70.1 Å². The van der Waals surface area contributed by atoms with Crippen LogP contribution in [0.3, 0.4) is 0 Å². The number of hydrogen-bond donors (Lipinski definition) is 0. The second kappa shape index (κ2) is 10.2. The number of aromatic nitrogens is 1. The second-order valence-corrected chi connectivity index (χ2v) is 10.5. The summed E-state index contributed by atoms with van der Waals surface area (Å²) in [5.41, 5.74) is 1.32. The fourth-order valence-corrected chi connectivity index (χ4v) is 5.75. The number of amides is 1. The molecule has 8 heteroatoms. The van der Waals surface area contributed by atoms with Crippen LogP contribution in [-0.2, 0) is 11.3 Å². The Morgan fingerprint density at radius 2 is 1.94 bits per heavy atom. The summed E-state index contributed by atoms with van der Waals surface area (Å²) in [4.78, 5) is 30.9. The molecule has 32 heavy (non-hydrogen) atoms. The van der Waals surface area contributed by atoms with Gasteiger partial charge in [0.25, 0.3) is 11.5 Å². The van der Waals surface area contributed by atoms with Crippen LogP contribution in [0.2, 0.25) is 0 Å². The fourth-order valence-electron chi connectivity index (χ4n) is 4.31. The Balaban J connectivity index is 2.22. The van der Waals surface area contributed by atoms with E-state index in [2.05, 4.69) is 17.9 Å². The molecule has 2 aliphatic heterocycles. The Morgan fingerprint density at radius 1 is 1.28 bits per heavy atom. The van der Waals surface area contributed by atoms with Crippen molar-refractivity contribution in [2.24, 2.45) is 5.92 Å². The van der Waals surface area contributed by atoms with Gasteiger partial charge < -0.3 is 4.90 Å². The minimum absolute atomic E-state index is 0.0289. The minimum Gasteiger partial charge on any atom is -0.357 e. The highest BCUT2D eigenvalue weighted by atomic mass is 32.2. The van der Waals surface area contributed by atoms with Gasteiger partial charge in [-0.2, -0.15) is 5.26 Å². The zero-order valence-electron chi connectivity index (χ0n) is 19.6. The monoisotopic (exact) mass is 472 g/mol. The lowest BCUT2D eigenvalue weighted by Crippen LogP contribution is -2.39. The van der Waals surface area contributed by atoms with E-state index >= 15 is 0 Å². The van der Waals surface area contributed by atoms with Gasteiger partial charge in [0.15, 0.2) is 0 Å². The number of nitrogens with zero attached hydrogens (tertiary/aromatic N) is 4. The molecule has 172 valence electrons. The number of hydrogen-bond acceptors (Lipinski definition) is 6. The van der Waals surface area contributed by atoms with E-state index in [1.807, 2.05) is 33.8 Å². The van der Waals surface area contributed by atoms with Crippen molar-refractivity contribution in [2.45, 2.75) is 72.9 Å². The van der Waals surface area contributed by atoms with Gasteiger partial charge in [-0.1, -0.05) is 44.8 Å². The van der Waals surface area contributed by atoms with Gasteiger partial charge in [-0.05, 0) is 57.1 Å². The number of carbonyl (C=O) groups is 1. The Bertz CT molecular complexity index is 1050. The van der Waals surface area contributed by atoms with E-state index in [4.69, 9.17) is 12.2 Å². The molecule has 1 amide bonds. The van der Waals surface area contributed by atoms with E-state index in [0.717, 1.165) is 50.2 Å². The van der Waals surface area contributed by atoms with E-state index in [1.54, 1.807) is 9.47 Å². The molecule has 0 radical (unpaired) electrons. The van der Waals surface area contributed by atoms with Gasteiger partial charge in [0.1, 0.15) is 21.8 Å². The standard InChI is InChI=1S/C24H32N4O2S2/c1-6-10-27-21(26-11-8-15(3)9-12-26)18(17(5)19(14-25)22(27)29)13-20-23(30)28(16(4)7-2)24(31)32-20/h13,15-16H,6-12H2,1-5H3/b20-13-. The van der Waals surface area contributed by atoms with Gasteiger partial charge in [0.2, 0.25) is 0 Å². The average molecular weight is 473 g/mol. The van der Waals surface area contributed by atoms with Crippen LogP contribution in [-0.4, -0.2) is 38.8 Å². The molecule has 3 rings (SSSR count). The van der Waals surface area contributed by atoms with Crippen LogP contribution in [0.4, 0.5) is 5.82 Å². The molecule has 0 bridgehead atoms. The van der Waals surface area contributed by atoms with Crippen LogP contribution < -0.4 is 10.5 Å². The number of piperidine rings is 1. The molecule has 0 spiro atoms. The summed E-state index contributed by atoms with van der Waals surface area (Å²) < 4.78 is 2.30. The first-order valence-electron chi connectivity index (χ1n) is 11.4. The largest absolute Gasteiger partial charge is 0.357 e. The summed E-state index contributed by atoms with van der Waals surface area (Å²) >= 11 is 6.80. The molecule has 1 aromatic heterocycles. The van der Waals surface area contributed by atoms with Crippen molar-refractivity contribution >= 4 is 46.1 Å². The molecule has 1 aromatic rings. The highest BCUT2D eigenvalue weighted by Gasteiger charge is 2.35. The van der Waals surface area contributed by atoms with Gasteiger partial charge in [0, 0.05) is 31.2 Å². The molecule has 1 unspecified atom stereocenters. The van der Waals surface area contributed by atoms with Crippen LogP contribution >= 0.6 is 24.0 Å². The van der Waals surface area contributed by atoms with E-state index < -0.39 is 0 Å². The van der Waals surface area contributed by atoms with Gasteiger partial charge in [-0.15, -0.1) is 0 Å². The number of nitriles is 1. The van der Waals surface area contributed by atoms with E-state index in [-0.39, 0.29) is 23.1 Å². The van der Waals surface area contributed by atoms with Crippen molar-refractivity contribution in [3.8, 4) is 6.07 Å². The maximum atomic E-state index is 13.2. The Labute approximate surface area is 200 Å². The van der Waals surface area contributed by atoms with Crippen LogP contribution in [0, 0.1) is 24.2 Å². The van der Waals surface area contributed by atoms with E-state index in [0.29, 0.717) is 27.3 Å². The average Bonchev–Trinajstić information content (AvgIpc) is 3.05. The lowest BCUT2D eigenvalue weighted by atomic mass is 9.97. The number of anilines is 1. The number of thioether (sulfide) groups is 1. The van der Waals surface area contributed by atoms with Gasteiger partial charge in [-0.25, -0.2) is 0 Å². The number of pyridine rings is 1. The molecule has 1 atom stereocenters. The first-order valence-corrected chi connectivity index (χ1v) is 12.7. The topological polar surface area (TPSA) is 69.3 Å².